The zero-order valence-electron chi connectivity index (χ0n) is 16.0. The summed E-state index contributed by atoms with van der Waals surface area (Å²) in [5, 5.41) is 6.98. The molecule has 1 spiro atoms. The van der Waals surface area contributed by atoms with Crippen molar-refractivity contribution in [3.8, 4) is 0 Å². The fourth-order valence-corrected chi connectivity index (χ4v) is 5.41. The average Bonchev–Trinajstić information content (AvgIpc) is 3.37. The van der Waals surface area contributed by atoms with Crippen molar-refractivity contribution in [3.05, 3.63) is 30.1 Å². The largest absolute Gasteiger partial charge is 0.490 e. The van der Waals surface area contributed by atoms with Gasteiger partial charge in [-0.25, -0.2) is 13.2 Å². The fourth-order valence-electron chi connectivity index (χ4n) is 3.49. The van der Waals surface area contributed by atoms with E-state index in [2.05, 4.69) is 4.98 Å². The number of carbonyl (C=O) groups is 1. The summed E-state index contributed by atoms with van der Waals surface area (Å²) in [6, 6.07) is 3.88. The first-order valence-electron chi connectivity index (χ1n) is 9.45. The van der Waals surface area contributed by atoms with Crippen molar-refractivity contribution in [1.29, 1.82) is 0 Å². The van der Waals surface area contributed by atoms with Gasteiger partial charge in [-0.1, -0.05) is 6.07 Å². The molecule has 0 radical (unpaired) electrons. The summed E-state index contributed by atoms with van der Waals surface area (Å²) in [6.45, 7) is 2.12. The molecule has 0 aromatic carbocycles. The Balaban J connectivity index is 0.000000318. The highest BCUT2D eigenvalue weighted by molar-refractivity contribution is 7.90. The van der Waals surface area contributed by atoms with Gasteiger partial charge in [0.05, 0.1) is 30.2 Å². The van der Waals surface area contributed by atoms with E-state index >= 15 is 0 Å². The van der Waals surface area contributed by atoms with E-state index in [1.165, 1.54) is 0 Å². The molecule has 4 rings (SSSR count). The number of hydrogen-bond acceptors (Lipinski definition) is 6. The minimum absolute atomic E-state index is 0.0267. The van der Waals surface area contributed by atoms with Gasteiger partial charge in [0.15, 0.2) is 0 Å². The molecule has 1 saturated carbocycles. The topological polar surface area (TPSA) is 106 Å². The molecule has 2 aliphatic heterocycles. The molecule has 1 N–H and O–H groups in total. The van der Waals surface area contributed by atoms with Gasteiger partial charge < -0.3 is 14.6 Å². The second-order valence-corrected chi connectivity index (χ2v) is 9.84. The molecule has 12 heteroatoms. The highest BCUT2D eigenvalue weighted by Gasteiger charge is 2.51. The molecule has 30 heavy (non-hydrogen) atoms. The van der Waals surface area contributed by atoms with Crippen molar-refractivity contribution < 1.29 is 41.0 Å². The van der Waals surface area contributed by atoms with Crippen molar-refractivity contribution in [3.63, 3.8) is 0 Å². The minimum atomic E-state index is -5.08. The van der Waals surface area contributed by atoms with Crippen LogP contribution in [0.2, 0.25) is 0 Å². The molecular formula is C18H23F3N2O6S. The van der Waals surface area contributed by atoms with Crippen LogP contribution in [0.5, 0.6) is 0 Å². The number of carboxylic acids is 1. The predicted molar refractivity (Wildman–Crippen MR) is 97.9 cm³/mol. The normalized spacial score (nSPS) is 27.1. The monoisotopic (exact) mass is 452 g/mol. The van der Waals surface area contributed by atoms with Crippen LogP contribution < -0.4 is 0 Å². The molecule has 1 aliphatic carbocycles. The Hall–Kier alpha value is -1.76. The molecule has 3 heterocycles. The second kappa shape index (κ2) is 8.77. The zero-order valence-corrected chi connectivity index (χ0v) is 16.9. The summed E-state index contributed by atoms with van der Waals surface area (Å²) in [5.74, 6) is -2.76. The van der Waals surface area contributed by atoms with Crippen LogP contribution in [0.4, 0.5) is 13.2 Å². The van der Waals surface area contributed by atoms with E-state index in [1.807, 2.05) is 12.1 Å². The van der Waals surface area contributed by atoms with E-state index in [4.69, 9.17) is 19.4 Å². The maximum absolute atomic E-state index is 12.4. The second-order valence-electron chi connectivity index (χ2n) is 7.62. The molecular weight excluding hydrogens is 429 g/mol. The summed E-state index contributed by atoms with van der Waals surface area (Å²) in [6.07, 6.45) is 1.64. The van der Waals surface area contributed by atoms with E-state index in [9.17, 15) is 21.6 Å². The Morgan fingerprint density at radius 2 is 2.10 bits per heavy atom. The smallest absolute Gasteiger partial charge is 0.475 e. The number of nitrogens with zero attached hydrogens (tertiary/aromatic N) is 2. The van der Waals surface area contributed by atoms with Gasteiger partial charge in [-0.05, 0) is 30.9 Å². The molecule has 0 unspecified atom stereocenters. The zero-order chi connectivity index (χ0) is 22.0. The molecule has 168 valence electrons. The molecule has 1 aromatic heterocycles. The lowest BCUT2D eigenvalue weighted by molar-refractivity contribution is -0.192. The van der Waals surface area contributed by atoms with Crippen LogP contribution in [-0.2, 0) is 30.9 Å². The van der Waals surface area contributed by atoms with E-state index in [0.29, 0.717) is 26.3 Å². The third kappa shape index (κ3) is 5.68. The van der Waals surface area contributed by atoms with Gasteiger partial charge in [0.25, 0.3) is 0 Å². The molecule has 8 nitrogen and oxygen atoms in total. The highest BCUT2D eigenvalue weighted by Crippen LogP contribution is 2.40. The lowest BCUT2D eigenvalue weighted by atomic mass is 9.98. The molecule has 2 atom stereocenters. The maximum atomic E-state index is 12.4. The Kier molecular flexibility index (Phi) is 6.70. The van der Waals surface area contributed by atoms with Crippen LogP contribution in [0.15, 0.2) is 24.5 Å². The lowest BCUT2D eigenvalue weighted by Crippen LogP contribution is -2.37. The van der Waals surface area contributed by atoms with Crippen LogP contribution in [0.1, 0.15) is 31.2 Å². The molecule has 0 bridgehead atoms. The molecule has 3 fully saturated rings. The molecule has 1 aromatic rings. The third-order valence-electron chi connectivity index (χ3n) is 5.21. The van der Waals surface area contributed by atoms with Crippen LogP contribution >= 0.6 is 0 Å². The van der Waals surface area contributed by atoms with Gasteiger partial charge in [0, 0.05) is 31.9 Å². The minimum Gasteiger partial charge on any atom is -0.475 e. The number of alkyl halides is 3. The molecule has 0 amide bonds. The van der Waals surface area contributed by atoms with E-state index in [1.54, 1.807) is 16.7 Å². The lowest BCUT2D eigenvalue weighted by Gasteiger charge is -2.23. The van der Waals surface area contributed by atoms with Crippen LogP contribution in [-0.4, -0.2) is 71.6 Å². The quantitative estimate of drug-likeness (QED) is 0.728. The van der Waals surface area contributed by atoms with Gasteiger partial charge in [-0.2, -0.15) is 17.5 Å². The summed E-state index contributed by atoms with van der Waals surface area (Å²) in [4.78, 5) is 13.0. The molecule has 2 saturated heterocycles. The van der Waals surface area contributed by atoms with Crippen molar-refractivity contribution in [2.75, 3.05) is 19.7 Å². The van der Waals surface area contributed by atoms with Crippen LogP contribution in [0.25, 0.3) is 0 Å². The van der Waals surface area contributed by atoms with E-state index in [-0.39, 0.29) is 17.0 Å². The van der Waals surface area contributed by atoms with Crippen molar-refractivity contribution >= 4 is 16.0 Å². The molecule has 3 aliphatic rings. The summed E-state index contributed by atoms with van der Waals surface area (Å²) >= 11 is 0. The van der Waals surface area contributed by atoms with Gasteiger partial charge in [0.1, 0.15) is 0 Å². The Bertz CT molecular complexity index is 847. The highest BCUT2D eigenvalue weighted by atomic mass is 32.2. The number of carboxylic acid groups (broad SMARTS) is 1. The van der Waals surface area contributed by atoms with Gasteiger partial charge >= 0.3 is 12.1 Å². The van der Waals surface area contributed by atoms with Gasteiger partial charge in [0.2, 0.25) is 10.0 Å². The Morgan fingerprint density at radius 1 is 1.40 bits per heavy atom. The van der Waals surface area contributed by atoms with Gasteiger partial charge in [-0.15, -0.1) is 0 Å². The van der Waals surface area contributed by atoms with E-state index in [0.717, 1.165) is 31.2 Å². The number of rotatable bonds is 5. The summed E-state index contributed by atoms with van der Waals surface area (Å²) < 4.78 is 70.0. The number of pyridine rings is 1. The Morgan fingerprint density at radius 3 is 2.67 bits per heavy atom. The number of aromatic nitrogens is 1. The van der Waals surface area contributed by atoms with Crippen LogP contribution in [0.3, 0.4) is 0 Å². The summed E-state index contributed by atoms with van der Waals surface area (Å²) in [7, 11) is -3.10. The first kappa shape index (κ1) is 22.9. The number of hydrogen-bond donors (Lipinski definition) is 1. The van der Waals surface area contributed by atoms with Gasteiger partial charge in [-0.3, -0.25) is 4.98 Å². The Labute approximate surface area is 172 Å². The average molecular weight is 452 g/mol. The SMILES string of the molecule is O=C(O)C(F)(F)F.O=S(=O)(C1CC1)N1CC[C@]2(C[C@H](OCc3cccnc3)CO2)C1. The number of halogens is 3. The number of aliphatic carboxylic acids is 1. The third-order valence-corrected chi connectivity index (χ3v) is 7.56. The van der Waals surface area contributed by atoms with Crippen molar-refractivity contribution in [2.45, 2.75) is 55.4 Å². The standard InChI is InChI=1S/C16H22N2O4S.C2HF3O2/c19-23(20,15-3-4-15)18-7-5-16(12-18)8-14(11-22-16)21-10-13-2-1-6-17-9-13;3-2(4,5)1(6)7/h1-2,6,9,14-15H,3-5,7-8,10-12H2;(H,6,7)/t14-,16-;/m0./s1. The summed E-state index contributed by atoms with van der Waals surface area (Å²) in [5.41, 5.74) is 0.694. The first-order chi connectivity index (χ1) is 14.0. The number of sulfonamides is 1. The maximum Gasteiger partial charge on any atom is 0.490 e. The van der Waals surface area contributed by atoms with Crippen molar-refractivity contribution in [2.24, 2.45) is 0 Å². The first-order valence-corrected chi connectivity index (χ1v) is 11.0. The van der Waals surface area contributed by atoms with E-state index < -0.39 is 22.2 Å². The number of ether oxygens (including phenoxy) is 2. The van der Waals surface area contributed by atoms with Crippen molar-refractivity contribution in [1.82, 2.24) is 9.29 Å². The predicted octanol–water partition coefficient (Wildman–Crippen LogP) is 1.96. The fraction of sp³-hybridized carbons (Fsp3) is 0.667. The van der Waals surface area contributed by atoms with Crippen LogP contribution in [0, 0.1) is 0 Å².